The standard InChI is InChI=1S/C19H13ClN6OS/c1-10-13-14(15-16(20)23-19-25(15)7-8-28-19)12(9-21)17(22)27-18(13)26(24-10)11-5-3-2-4-6-11/h2-8,12,14,22H,1H3. The molecule has 1 aromatic carbocycles. The van der Waals surface area contributed by atoms with Crippen LogP contribution in [-0.4, -0.2) is 25.1 Å². The summed E-state index contributed by atoms with van der Waals surface area (Å²) in [4.78, 5) is 5.15. The molecule has 0 saturated carbocycles. The Morgan fingerprint density at radius 2 is 2.11 bits per heavy atom. The minimum absolute atomic E-state index is 0.127. The van der Waals surface area contributed by atoms with Crippen molar-refractivity contribution < 1.29 is 4.74 Å². The van der Waals surface area contributed by atoms with Crippen molar-refractivity contribution in [3.63, 3.8) is 0 Å². The van der Waals surface area contributed by atoms with Crippen LogP contribution < -0.4 is 4.74 Å². The summed E-state index contributed by atoms with van der Waals surface area (Å²) < 4.78 is 9.34. The third-order valence-electron chi connectivity index (χ3n) is 4.88. The summed E-state index contributed by atoms with van der Waals surface area (Å²) in [6.07, 6.45) is 1.87. The maximum atomic E-state index is 9.82. The molecule has 7 nitrogen and oxygen atoms in total. The molecule has 0 saturated heterocycles. The summed E-state index contributed by atoms with van der Waals surface area (Å²) in [7, 11) is 0. The lowest BCUT2D eigenvalue weighted by Crippen LogP contribution is -2.32. The number of halogens is 1. The number of para-hydroxylation sites is 1. The van der Waals surface area contributed by atoms with Crippen LogP contribution in [0.5, 0.6) is 5.88 Å². The van der Waals surface area contributed by atoms with E-state index in [0.717, 1.165) is 21.9 Å². The molecule has 0 amide bonds. The highest BCUT2D eigenvalue weighted by molar-refractivity contribution is 7.15. The zero-order chi connectivity index (χ0) is 19.4. The normalized spacial score (nSPS) is 18.7. The number of benzene rings is 1. The summed E-state index contributed by atoms with van der Waals surface area (Å²) in [6, 6.07) is 11.8. The van der Waals surface area contributed by atoms with Crippen molar-refractivity contribution in [3.05, 3.63) is 64.0 Å². The van der Waals surface area contributed by atoms with Gasteiger partial charge in [0.05, 0.1) is 29.1 Å². The molecule has 4 aromatic rings. The van der Waals surface area contributed by atoms with Crippen molar-refractivity contribution in [2.75, 3.05) is 0 Å². The molecule has 1 aliphatic heterocycles. The number of ether oxygens (including phenoxy) is 1. The number of rotatable bonds is 2. The van der Waals surface area contributed by atoms with E-state index in [0.29, 0.717) is 16.7 Å². The van der Waals surface area contributed by atoms with E-state index in [1.54, 1.807) is 4.68 Å². The molecule has 9 heteroatoms. The maximum Gasteiger partial charge on any atom is 0.228 e. The van der Waals surface area contributed by atoms with Crippen LogP contribution in [0.2, 0.25) is 5.15 Å². The fourth-order valence-electron chi connectivity index (χ4n) is 3.69. The molecule has 0 spiro atoms. The van der Waals surface area contributed by atoms with Crippen LogP contribution in [0.3, 0.4) is 0 Å². The van der Waals surface area contributed by atoms with E-state index < -0.39 is 11.8 Å². The number of aromatic nitrogens is 4. The van der Waals surface area contributed by atoms with Crippen LogP contribution in [0.1, 0.15) is 22.9 Å². The Morgan fingerprint density at radius 1 is 1.32 bits per heavy atom. The van der Waals surface area contributed by atoms with Gasteiger partial charge in [-0.3, -0.25) is 9.81 Å². The second-order valence-corrected chi connectivity index (χ2v) is 7.68. The molecule has 28 heavy (non-hydrogen) atoms. The van der Waals surface area contributed by atoms with Gasteiger partial charge in [0.25, 0.3) is 0 Å². The van der Waals surface area contributed by atoms with Gasteiger partial charge in [0, 0.05) is 17.1 Å². The maximum absolute atomic E-state index is 9.82. The van der Waals surface area contributed by atoms with Gasteiger partial charge in [0.1, 0.15) is 5.92 Å². The Labute approximate surface area is 168 Å². The Morgan fingerprint density at radius 3 is 2.86 bits per heavy atom. The average Bonchev–Trinajstić information content (AvgIpc) is 3.35. The van der Waals surface area contributed by atoms with Gasteiger partial charge in [0.15, 0.2) is 10.1 Å². The molecule has 4 heterocycles. The van der Waals surface area contributed by atoms with Crippen molar-refractivity contribution >= 4 is 33.8 Å². The minimum atomic E-state index is -0.822. The van der Waals surface area contributed by atoms with Crippen LogP contribution in [-0.2, 0) is 0 Å². The zero-order valence-corrected chi connectivity index (χ0v) is 16.2. The van der Waals surface area contributed by atoms with E-state index in [1.807, 2.05) is 53.2 Å². The van der Waals surface area contributed by atoms with E-state index in [1.165, 1.54) is 11.3 Å². The zero-order valence-electron chi connectivity index (χ0n) is 14.6. The van der Waals surface area contributed by atoms with Crippen LogP contribution >= 0.6 is 22.9 Å². The van der Waals surface area contributed by atoms with Crippen LogP contribution in [0.25, 0.3) is 10.6 Å². The van der Waals surface area contributed by atoms with E-state index in [2.05, 4.69) is 16.2 Å². The van der Waals surface area contributed by atoms with E-state index in [9.17, 15) is 5.26 Å². The molecule has 2 atom stereocenters. The number of thiazole rings is 1. The Bertz CT molecular complexity index is 1270. The summed E-state index contributed by atoms with van der Waals surface area (Å²) >= 11 is 7.94. The summed E-state index contributed by atoms with van der Waals surface area (Å²) in [5.74, 6) is -1.02. The van der Waals surface area contributed by atoms with Gasteiger partial charge in [-0.2, -0.15) is 10.4 Å². The van der Waals surface area contributed by atoms with Crippen LogP contribution in [0.4, 0.5) is 0 Å². The van der Waals surface area contributed by atoms with Crippen LogP contribution in [0, 0.1) is 29.6 Å². The Hall–Kier alpha value is -3.15. The molecule has 1 aliphatic rings. The van der Waals surface area contributed by atoms with Gasteiger partial charge < -0.3 is 4.74 Å². The van der Waals surface area contributed by atoms with Gasteiger partial charge in [-0.1, -0.05) is 29.8 Å². The molecule has 0 bridgehead atoms. The molecular formula is C19H13ClN6OS. The summed E-state index contributed by atoms with van der Waals surface area (Å²) in [6.45, 7) is 1.87. The first kappa shape index (κ1) is 17.0. The number of hydrogen-bond acceptors (Lipinski definition) is 6. The topological polar surface area (TPSA) is 92.0 Å². The largest absolute Gasteiger partial charge is 0.423 e. The fourth-order valence-corrected chi connectivity index (χ4v) is 4.75. The monoisotopic (exact) mass is 408 g/mol. The van der Waals surface area contributed by atoms with Gasteiger partial charge in [0.2, 0.25) is 11.8 Å². The van der Waals surface area contributed by atoms with E-state index in [4.69, 9.17) is 21.7 Å². The van der Waals surface area contributed by atoms with Crippen molar-refractivity contribution in [2.24, 2.45) is 5.92 Å². The number of fused-ring (bicyclic) bond motifs is 2. The van der Waals surface area contributed by atoms with E-state index >= 15 is 0 Å². The van der Waals surface area contributed by atoms with Gasteiger partial charge >= 0.3 is 0 Å². The Kier molecular flexibility index (Phi) is 3.75. The number of aryl methyl sites for hydroxylation is 1. The van der Waals surface area contributed by atoms with Crippen LogP contribution in [0.15, 0.2) is 41.9 Å². The molecule has 5 rings (SSSR count). The number of hydrogen-bond donors (Lipinski definition) is 1. The number of nitriles is 1. The van der Waals surface area contributed by atoms with Crippen molar-refractivity contribution in [1.29, 1.82) is 10.7 Å². The molecule has 2 unspecified atom stereocenters. The molecule has 0 fully saturated rings. The number of nitrogens with zero attached hydrogens (tertiary/aromatic N) is 5. The SMILES string of the molecule is Cc1nn(-c2ccccc2)c2c1C(c1c(Cl)nc3sccn13)C(C#N)C(=N)O2. The van der Waals surface area contributed by atoms with Gasteiger partial charge in [-0.05, 0) is 19.1 Å². The molecule has 0 radical (unpaired) electrons. The first-order valence-electron chi connectivity index (χ1n) is 8.52. The van der Waals surface area contributed by atoms with E-state index in [-0.39, 0.29) is 5.90 Å². The highest BCUT2D eigenvalue weighted by Crippen LogP contribution is 2.46. The first-order valence-corrected chi connectivity index (χ1v) is 9.77. The van der Waals surface area contributed by atoms with Gasteiger partial charge in [-0.15, -0.1) is 11.3 Å². The highest BCUT2D eigenvalue weighted by atomic mass is 35.5. The number of imidazole rings is 1. The predicted octanol–water partition coefficient (Wildman–Crippen LogP) is 4.18. The smallest absolute Gasteiger partial charge is 0.228 e. The minimum Gasteiger partial charge on any atom is -0.423 e. The summed E-state index contributed by atoms with van der Waals surface area (Å²) in [5.41, 5.74) is 2.96. The third kappa shape index (κ3) is 2.30. The lowest BCUT2D eigenvalue weighted by Gasteiger charge is -2.28. The van der Waals surface area contributed by atoms with Gasteiger partial charge in [-0.25, -0.2) is 9.67 Å². The average molecular weight is 409 g/mol. The second-order valence-electron chi connectivity index (χ2n) is 6.45. The van der Waals surface area contributed by atoms with Crippen molar-refractivity contribution in [1.82, 2.24) is 19.2 Å². The van der Waals surface area contributed by atoms with Crippen molar-refractivity contribution in [3.8, 4) is 17.6 Å². The number of nitrogens with one attached hydrogen (secondary N) is 1. The fraction of sp³-hybridized carbons (Fsp3) is 0.158. The third-order valence-corrected chi connectivity index (χ3v) is 5.92. The molecular weight excluding hydrogens is 396 g/mol. The molecule has 3 aromatic heterocycles. The molecule has 1 N–H and O–H groups in total. The highest BCUT2D eigenvalue weighted by Gasteiger charge is 2.43. The molecule has 0 aliphatic carbocycles. The first-order chi connectivity index (χ1) is 13.6. The second kappa shape index (κ2) is 6.19. The summed E-state index contributed by atoms with van der Waals surface area (Å²) in [5, 5.41) is 25.1. The van der Waals surface area contributed by atoms with Crippen molar-refractivity contribution in [2.45, 2.75) is 12.8 Å². The molecule has 138 valence electrons. The lowest BCUT2D eigenvalue weighted by atomic mass is 9.82. The predicted molar refractivity (Wildman–Crippen MR) is 106 cm³/mol. The quantitative estimate of drug-likeness (QED) is 0.538. The lowest BCUT2D eigenvalue weighted by molar-refractivity contribution is 0.421. The Balaban J connectivity index is 1.80.